The largest absolute Gasteiger partial charge is 0.115 e. The van der Waals surface area contributed by atoms with E-state index in [1.807, 2.05) is 0 Å². The van der Waals surface area contributed by atoms with Gasteiger partial charge in [0, 0.05) is 5.57 Å². The standard InChI is InChI=1S/C13H20/c1-7-11-10(2)12(3,4)8-9-13(11,5)6/h1H,8-9H2,2-6H3. The van der Waals surface area contributed by atoms with Crippen LogP contribution in [0, 0.1) is 23.2 Å². The normalized spacial score (nSPS) is 25.5. The van der Waals surface area contributed by atoms with Crippen molar-refractivity contribution in [2.45, 2.75) is 47.5 Å². The van der Waals surface area contributed by atoms with Gasteiger partial charge in [-0.25, -0.2) is 0 Å². The van der Waals surface area contributed by atoms with Gasteiger partial charge in [-0.1, -0.05) is 39.2 Å². The molecule has 0 saturated heterocycles. The van der Waals surface area contributed by atoms with Crippen molar-refractivity contribution in [2.75, 3.05) is 0 Å². The van der Waals surface area contributed by atoms with Crippen molar-refractivity contribution in [2.24, 2.45) is 10.8 Å². The Kier molecular flexibility index (Phi) is 2.32. The van der Waals surface area contributed by atoms with Crippen molar-refractivity contribution in [3.05, 3.63) is 11.1 Å². The van der Waals surface area contributed by atoms with Crippen molar-refractivity contribution in [1.29, 1.82) is 0 Å². The molecule has 0 heterocycles. The highest BCUT2D eigenvalue weighted by Gasteiger charge is 2.36. The van der Waals surface area contributed by atoms with Crippen LogP contribution in [0.4, 0.5) is 0 Å². The number of rotatable bonds is 0. The maximum Gasteiger partial charge on any atom is 0.00686 e. The molecule has 1 aliphatic rings. The smallest absolute Gasteiger partial charge is 0.00686 e. The summed E-state index contributed by atoms with van der Waals surface area (Å²) in [6.07, 6.45) is 8.03. The molecule has 0 aromatic rings. The molecule has 0 radical (unpaired) electrons. The van der Waals surface area contributed by atoms with Gasteiger partial charge in [-0.3, -0.25) is 0 Å². The van der Waals surface area contributed by atoms with Gasteiger partial charge in [0.05, 0.1) is 0 Å². The quantitative estimate of drug-likeness (QED) is 0.493. The lowest BCUT2D eigenvalue weighted by Gasteiger charge is -2.40. The molecule has 13 heavy (non-hydrogen) atoms. The number of hydrogen-bond donors (Lipinski definition) is 0. The molecule has 0 unspecified atom stereocenters. The summed E-state index contributed by atoms with van der Waals surface area (Å²) >= 11 is 0. The van der Waals surface area contributed by atoms with Crippen LogP contribution in [0.2, 0.25) is 0 Å². The summed E-state index contributed by atoms with van der Waals surface area (Å²) in [4.78, 5) is 0. The van der Waals surface area contributed by atoms with E-state index in [2.05, 4.69) is 40.5 Å². The maximum atomic E-state index is 5.58. The fourth-order valence-corrected chi connectivity index (χ4v) is 2.09. The third-order valence-electron chi connectivity index (χ3n) is 3.59. The molecule has 0 amide bonds. The molecule has 0 bridgehead atoms. The second-order valence-electron chi connectivity index (χ2n) is 5.41. The van der Waals surface area contributed by atoms with Crippen LogP contribution in [0.3, 0.4) is 0 Å². The van der Waals surface area contributed by atoms with E-state index in [1.54, 1.807) is 0 Å². The fraction of sp³-hybridized carbons (Fsp3) is 0.692. The molecule has 72 valence electrons. The first kappa shape index (κ1) is 10.4. The lowest BCUT2D eigenvalue weighted by Crippen LogP contribution is -2.29. The molecule has 0 fully saturated rings. The topological polar surface area (TPSA) is 0 Å². The minimum atomic E-state index is 0.217. The van der Waals surface area contributed by atoms with Gasteiger partial charge in [0.2, 0.25) is 0 Å². The van der Waals surface area contributed by atoms with Crippen LogP contribution in [0.25, 0.3) is 0 Å². The van der Waals surface area contributed by atoms with E-state index < -0.39 is 0 Å². The summed E-state index contributed by atoms with van der Waals surface area (Å²) in [6, 6.07) is 0. The van der Waals surface area contributed by atoms with E-state index in [0.29, 0.717) is 5.41 Å². The first-order chi connectivity index (χ1) is 5.81. The van der Waals surface area contributed by atoms with Gasteiger partial charge in [0.25, 0.3) is 0 Å². The van der Waals surface area contributed by atoms with Crippen LogP contribution >= 0.6 is 0 Å². The highest BCUT2D eigenvalue weighted by atomic mass is 14.4. The van der Waals surface area contributed by atoms with Crippen molar-refractivity contribution in [3.8, 4) is 12.3 Å². The summed E-state index contributed by atoms with van der Waals surface area (Å²) in [6.45, 7) is 11.3. The summed E-state index contributed by atoms with van der Waals surface area (Å²) in [7, 11) is 0. The van der Waals surface area contributed by atoms with E-state index in [4.69, 9.17) is 6.42 Å². The highest BCUT2D eigenvalue weighted by Crippen LogP contribution is 2.47. The molecule has 0 aromatic heterocycles. The van der Waals surface area contributed by atoms with Gasteiger partial charge in [-0.05, 0) is 30.6 Å². The summed E-state index contributed by atoms with van der Waals surface area (Å²) in [5, 5.41) is 0. The minimum Gasteiger partial charge on any atom is -0.115 e. The third kappa shape index (κ3) is 1.66. The van der Waals surface area contributed by atoms with Gasteiger partial charge in [-0.2, -0.15) is 0 Å². The van der Waals surface area contributed by atoms with Gasteiger partial charge in [-0.15, -0.1) is 6.42 Å². The van der Waals surface area contributed by atoms with Crippen LogP contribution < -0.4 is 0 Å². The molecule has 0 heteroatoms. The maximum absolute atomic E-state index is 5.58. The SMILES string of the molecule is C#CC1=C(C)C(C)(C)CCC1(C)C. The van der Waals surface area contributed by atoms with E-state index in [1.165, 1.54) is 24.0 Å². The average molecular weight is 176 g/mol. The van der Waals surface area contributed by atoms with Crippen LogP contribution in [0.1, 0.15) is 47.5 Å². The molecule has 1 rings (SSSR count). The van der Waals surface area contributed by atoms with Gasteiger partial charge in [0.1, 0.15) is 0 Å². The van der Waals surface area contributed by atoms with Crippen molar-refractivity contribution in [3.63, 3.8) is 0 Å². The molecule has 0 aromatic carbocycles. The second-order valence-corrected chi connectivity index (χ2v) is 5.41. The molecule has 0 nitrogen and oxygen atoms in total. The Balaban J connectivity index is 3.24. The molecule has 0 atom stereocenters. The molecular formula is C13H20. The Hall–Kier alpha value is -0.700. The zero-order valence-corrected chi connectivity index (χ0v) is 9.49. The summed E-state index contributed by atoms with van der Waals surface area (Å²) < 4.78 is 0. The Morgan fingerprint density at radius 3 is 1.92 bits per heavy atom. The lowest BCUT2D eigenvalue weighted by molar-refractivity contribution is 0.269. The van der Waals surface area contributed by atoms with Crippen LogP contribution in [0.5, 0.6) is 0 Å². The van der Waals surface area contributed by atoms with Gasteiger partial charge < -0.3 is 0 Å². The summed E-state index contributed by atoms with van der Waals surface area (Å²) in [5.74, 6) is 2.88. The third-order valence-corrected chi connectivity index (χ3v) is 3.59. The van der Waals surface area contributed by atoms with Crippen LogP contribution in [-0.2, 0) is 0 Å². The predicted octanol–water partition coefficient (Wildman–Crippen LogP) is 3.78. The Morgan fingerprint density at radius 2 is 1.54 bits per heavy atom. The Morgan fingerprint density at radius 1 is 1.08 bits per heavy atom. The Labute approximate surface area is 82.4 Å². The fourth-order valence-electron chi connectivity index (χ4n) is 2.09. The number of allylic oxidation sites excluding steroid dienone is 2. The minimum absolute atomic E-state index is 0.217. The van der Waals surface area contributed by atoms with E-state index in [0.717, 1.165) is 0 Å². The van der Waals surface area contributed by atoms with Crippen molar-refractivity contribution in [1.82, 2.24) is 0 Å². The Bertz CT molecular complexity index is 282. The highest BCUT2D eigenvalue weighted by molar-refractivity contribution is 5.40. The number of terminal acetylenes is 1. The summed E-state index contributed by atoms with van der Waals surface area (Å²) in [5.41, 5.74) is 3.15. The second kappa shape index (κ2) is 2.91. The molecule has 0 aliphatic heterocycles. The molecule has 0 spiro atoms. The molecule has 0 saturated carbocycles. The first-order valence-electron chi connectivity index (χ1n) is 5.00. The van der Waals surface area contributed by atoms with Crippen LogP contribution in [-0.4, -0.2) is 0 Å². The van der Waals surface area contributed by atoms with E-state index in [9.17, 15) is 0 Å². The van der Waals surface area contributed by atoms with E-state index >= 15 is 0 Å². The van der Waals surface area contributed by atoms with Gasteiger partial charge in [0.15, 0.2) is 0 Å². The number of hydrogen-bond acceptors (Lipinski definition) is 0. The van der Waals surface area contributed by atoms with Crippen molar-refractivity contribution >= 4 is 0 Å². The zero-order valence-electron chi connectivity index (χ0n) is 9.49. The predicted molar refractivity (Wildman–Crippen MR) is 58.3 cm³/mol. The average Bonchev–Trinajstić information content (AvgIpc) is 2.00. The zero-order chi connectivity index (χ0) is 10.3. The van der Waals surface area contributed by atoms with Crippen LogP contribution in [0.15, 0.2) is 11.1 Å². The molecular weight excluding hydrogens is 156 g/mol. The molecule has 0 N–H and O–H groups in total. The van der Waals surface area contributed by atoms with Gasteiger partial charge >= 0.3 is 0 Å². The lowest BCUT2D eigenvalue weighted by atomic mass is 9.64. The van der Waals surface area contributed by atoms with E-state index in [-0.39, 0.29) is 5.41 Å². The first-order valence-corrected chi connectivity index (χ1v) is 5.00. The monoisotopic (exact) mass is 176 g/mol. The molecule has 1 aliphatic carbocycles. The van der Waals surface area contributed by atoms with Crippen molar-refractivity contribution < 1.29 is 0 Å².